The summed E-state index contributed by atoms with van der Waals surface area (Å²) in [5, 5.41) is 6.72. The number of aromatic nitrogens is 1. The number of piperazine rings is 1. The van der Waals surface area contributed by atoms with Gasteiger partial charge >= 0.3 is 0 Å². The SMILES string of the molecule is O=C1CC(C(F)F)NC(N2CCN(c3ccnc4ccccc34)CC2)N1. The van der Waals surface area contributed by atoms with E-state index >= 15 is 0 Å². The molecule has 2 saturated heterocycles. The summed E-state index contributed by atoms with van der Waals surface area (Å²) in [5.74, 6) is -0.332. The Labute approximate surface area is 150 Å². The van der Waals surface area contributed by atoms with Crippen molar-refractivity contribution in [3.05, 3.63) is 36.5 Å². The molecular formula is C18H21F2N5O. The molecule has 0 aliphatic carbocycles. The van der Waals surface area contributed by atoms with E-state index in [-0.39, 0.29) is 12.3 Å². The number of halogens is 2. The van der Waals surface area contributed by atoms with Gasteiger partial charge < -0.3 is 10.2 Å². The van der Waals surface area contributed by atoms with Crippen LogP contribution in [-0.2, 0) is 4.79 Å². The molecule has 0 spiro atoms. The number of hydrogen-bond donors (Lipinski definition) is 2. The first-order valence-electron chi connectivity index (χ1n) is 8.78. The van der Waals surface area contributed by atoms with Crippen molar-refractivity contribution in [1.82, 2.24) is 20.5 Å². The highest BCUT2D eigenvalue weighted by molar-refractivity contribution is 5.91. The Balaban J connectivity index is 1.45. The van der Waals surface area contributed by atoms with Gasteiger partial charge in [-0.3, -0.25) is 20.0 Å². The van der Waals surface area contributed by atoms with Crippen LogP contribution in [-0.4, -0.2) is 60.7 Å². The van der Waals surface area contributed by atoms with Gasteiger partial charge in [-0.25, -0.2) is 8.78 Å². The topological polar surface area (TPSA) is 60.5 Å². The van der Waals surface area contributed by atoms with Gasteiger partial charge in [0.05, 0.1) is 11.6 Å². The monoisotopic (exact) mass is 361 g/mol. The number of benzene rings is 1. The first-order valence-corrected chi connectivity index (χ1v) is 8.78. The molecule has 138 valence electrons. The third kappa shape index (κ3) is 3.34. The number of fused-ring (bicyclic) bond motifs is 1. The molecule has 4 rings (SSSR count). The summed E-state index contributed by atoms with van der Waals surface area (Å²) in [4.78, 5) is 20.4. The molecule has 26 heavy (non-hydrogen) atoms. The number of amides is 1. The van der Waals surface area contributed by atoms with Crippen molar-refractivity contribution in [2.75, 3.05) is 31.1 Å². The maximum Gasteiger partial charge on any atom is 0.254 e. The minimum atomic E-state index is -2.55. The number of nitrogens with one attached hydrogen (secondary N) is 2. The van der Waals surface area contributed by atoms with E-state index in [0.29, 0.717) is 13.1 Å². The zero-order valence-corrected chi connectivity index (χ0v) is 14.2. The fourth-order valence-corrected chi connectivity index (χ4v) is 3.65. The lowest BCUT2D eigenvalue weighted by Gasteiger charge is -2.43. The maximum absolute atomic E-state index is 13.0. The number of nitrogens with zero attached hydrogens (tertiary/aromatic N) is 3. The molecule has 1 aromatic heterocycles. The summed E-state index contributed by atoms with van der Waals surface area (Å²) in [6.45, 7) is 2.85. The number of pyridine rings is 1. The van der Waals surface area contributed by atoms with E-state index in [9.17, 15) is 13.6 Å². The molecule has 0 bridgehead atoms. The van der Waals surface area contributed by atoms with E-state index in [2.05, 4.69) is 26.6 Å². The summed E-state index contributed by atoms with van der Waals surface area (Å²) < 4.78 is 26.0. The van der Waals surface area contributed by atoms with Crippen molar-refractivity contribution in [1.29, 1.82) is 0 Å². The van der Waals surface area contributed by atoms with Crippen LogP contribution in [0, 0.1) is 0 Å². The molecule has 2 unspecified atom stereocenters. The van der Waals surface area contributed by atoms with Crippen molar-refractivity contribution in [3.63, 3.8) is 0 Å². The summed E-state index contributed by atoms with van der Waals surface area (Å²) in [7, 11) is 0. The number of rotatable bonds is 3. The summed E-state index contributed by atoms with van der Waals surface area (Å²) in [6, 6.07) is 8.92. The minimum absolute atomic E-state index is 0.183. The fraction of sp³-hybridized carbons (Fsp3) is 0.444. The molecule has 3 heterocycles. The van der Waals surface area contributed by atoms with E-state index < -0.39 is 18.8 Å². The minimum Gasteiger partial charge on any atom is -0.368 e. The third-order valence-electron chi connectivity index (χ3n) is 5.03. The average Bonchev–Trinajstić information content (AvgIpc) is 2.67. The average molecular weight is 361 g/mol. The number of hydrogen-bond acceptors (Lipinski definition) is 5. The Hall–Kier alpha value is -2.32. The predicted molar refractivity (Wildman–Crippen MR) is 95.0 cm³/mol. The summed E-state index contributed by atoms with van der Waals surface area (Å²) >= 11 is 0. The molecule has 2 aromatic rings. The number of carbonyl (C=O) groups excluding carboxylic acids is 1. The second-order valence-electron chi connectivity index (χ2n) is 6.65. The lowest BCUT2D eigenvalue weighted by molar-refractivity contribution is -0.129. The van der Waals surface area contributed by atoms with E-state index in [1.165, 1.54) is 0 Å². The van der Waals surface area contributed by atoms with Gasteiger partial charge in [-0.15, -0.1) is 0 Å². The highest BCUT2D eigenvalue weighted by Crippen LogP contribution is 2.26. The zero-order valence-electron chi connectivity index (χ0n) is 14.2. The van der Waals surface area contributed by atoms with Gasteiger partial charge in [-0.2, -0.15) is 0 Å². The van der Waals surface area contributed by atoms with Gasteiger partial charge in [-0.1, -0.05) is 18.2 Å². The predicted octanol–water partition coefficient (Wildman–Crippen LogP) is 1.38. The van der Waals surface area contributed by atoms with Gasteiger partial charge in [0.15, 0.2) is 0 Å². The van der Waals surface area contributed by atoms with Crippen LogP contribution in [0.2, 0.25) is 0 Å². The van der Waals surface area contributed by atoms with E-state index in [0.717, 1.165) is 29.7 Å². The molecule has 1 aromatic carbocycles. The van der Waals surface area contributed by atoms with Crippen molar-refractivity contribution < 1.29 is 13.6 Å². The highest BCUT2D eigenvalue weighted by Gasteiger charge is 2.35. The highest BCUT2D eigenvalue weighted by atomic mass is 19.3. The van der Waals surface area contributed by atoms with Crippen LogP contribution >= 0.6 is 0 Å². The largest absolute Gasteiger partial charge is 0.368 e. The Morgan fingerprint density at radius 1 is 1.12 bits per heavy atom. The molecular weight excluding hydrogens is 340 g/mol. The Kier molecular flexibility index (Phi) is 4.69. The molecule has 8 heteroatoms. The standard InChI is InChI=1S/C18H21F2N5O/c19-17(20)14-11-16(26)23-18(22-14)25-9-7-24(8-10-25)15-5-6-21-13-4-2-1-3-12(13)15/h1-6,14,17-18,22H,7-11H2,(H,23,26). The van der Waals surface area contributed by atoms with Crippen molar-refractivity contribution in [2.24, 2.45) is 0 Å². The number of carbonyl (C=O) groups is 1. The van der Waals surface area contributed by atoms with Crippen LogP contribution in [0.4, 0.5) is 14.5 Å². The van der Waals surface area contributed by atoms with Crippen LogP contribution in [0.25, 0.3) is 10.9 Å². The molecule has 2 aliphatic heterocycles. The molecule has 2 fully saturated rings. The molecule has 2 N–H and O–H groups in total. The van der Waals surface area contributed by atoms with E-state index in [1.54, 1.807) is 6.20 Å². The number of anilines is 1. The molecule has 6 nitrogen and oxygen atoms in total. The smallest absolute Gasteiger partial charge is 0.254 e. The van der Waals surface area contributed by atoms with Crippen LogP contribution < -0.4 is 15.5 Å². The van der Waals surface area contributed by atoms with Crippen LogP contribution in [0.15, 0.2) is 36.5 Å². The van der Waals surface area contributed by atoms with Crippen LogP contribution in [0.3, 0.4) is 0 Å². The lowest BCUT2D eigenvalue weighted by atomic mass is 10.1. The lowest BCUT2D eigenvalue weighted by Crippen LogP contribution is -2.67. The first-order chi connectivity index (χ1) is 12.6. The molecule has 1 amide bonds. The normalized spacial score (nSPS) is 24.9. The Bertz CT molecular complexity index is 789. The second kappa shape index (κ2) is 7.13. The molecule has 2 aliphatic rings. The zero-order chi connectivity index (χ0) is 18.1. The van der Waals surface area contributed by atoms with Crippen LogP contribution in [0.5, 0.6) is 0 Å². The van der Waals surface area contributed by atoms with Crippen LogP contribution in [0.1, 0.15) is 6.42 Å². The fourth-order valence-electron chi connectivity index (χ4n) is 3.65. The quantitative estimate of drug-likeness (QED) is 0.865. The van der Waals surface area contributed by atoms with Crippen molar-refractivity contribution in [2.45, 2.75) is 25.2 Å². The van der Waals surface area contributed by atoms with E-state index in [4.69, 9.17) is 0 Å². The Morgan fingerprint density at radius 2 is 1.88 bits per heavy atom. The number of para-hydroxylation sites is 1. The van der Waals surface area contributed by atoms with Crippen molar-refractivity contribution in [3.8, 4) is 0 Å². The Morgan fingerprint density at radius 3 is 2.65 bits per heavy atom. The van der Waals surface area contributed by atoms with Gasteiger partial charge in [0, 0.05) is 49.9 Å². The maximum atomic E-state index is 13.0. The molecule has 2 atom stereocenters. The summed E-state index contributed by atoms with van der Waals surface area (Å²) in [5.41, 5.74) is 2.08. The second-order valence-corrected chi connectivity index (χ2v) is 6.65. The van der Waals surface area contributed by atoms with Gasteiger partial charge in [0.1, 0.15) is 6.29 Å². The van der Waals surface area contributed by atoms with Gasteiger partial charge in [-0.05, 0) is 12.1 Å². The third-order valence-corrected chi connectivity index (χ3v) is 5.03. The van der Waals surface area contributed by atoms with Crippen molar-refractivity contribution >= 4 is 22.5 Å². The van der Waals surface area contributed by atoms with Gasteiger partial charge in [0.25, 0.3) is 6.43 Å². The van der Waals surface area contributed by atoms with Gasteiger partial charge in [0.2, 0.25) is 5.91 Å². The molecule has 0 radical (unpaired) electrons. The van der Waals surface area contributed by atoms with E-state index in [1.807, 2.05) is 29.2 Å². The summed E-state index contributed by atoms with van der Waals surface area (Å²) in [6.07, 6.45) is -1.46. The molecule has 0 saturated carbocycles. The number of alkyl halides is 2. The first kappa shape index (κ1) is 17.1.